The molecule has 0 saturated carbocycles. The highest BCUT2D eigenvalue weighted by Crippen LogP contribution is 2.24. The molecular weight excluding hydrogens is 669 g/mol. The Kier molecular flexibility index (Phi) is 14.7. The Morgan fingerprint density at radius 2 is 1.36 bits per heavy atom. The number of fused-ring (bicyclic) bond motifs is 1. The monoisotopic (exact) mass is 699 g/mol. The van der Waals surface area contributed by atoms with Crippen LogP contribution in [0.2, 0.25) is 0 Å². The summed E-state index contributed by atoms with van der Waals surface area (Å²) in [7, 11) is 4.22. The van der Waals surface area contributed by atoms with Crippen LogP contribution in [0.5, 0.6) is 0 Å². The normalized spacial score (nSPS) is 15.6. The van der Waals surface area contributed by atoms with Gasteiger partial charge in [-0.15, -0.1) is 0 Å². The van der Waals surface area contributed by atoms with Crippen LogP contribution in [0.1, 0.15) is 40.3 Å². The molecule has 0 aliphatic carbocycles. The molecule has 1 amide bonds. The van der Waals surface area contributed by atoms with Crippen molar-refractivity contribution in [1.29, 1.82) is 0 Å². The molecule has 1 saturated heterocycles. The maximum Gasteiger partial charge on any atom is 0.490 e. The van der Waals surface area contributed by atoms with Crippen molar-refractivity contribution in [3.63, 3.8) is 0 Å². The van der Waals surface area contributed by atoms with Gasteiger partial charge in [0.2, 0.25) is 0 Å². The van der Waals surface area contributed by atoms with Gasteiger partial charge in [0, 0.05) is 37.8 Å². The number of aliphatic carboxylic acids is 3. The fourth-order valence-electron chi connectivity index (χ4n) is 4.04. The first kappa shape index (κ1) is 40.7. The topological polar surface area (TPSA) is 181 Å². The second-order valence-corrected chi connectivity index (χ2v) is 9.97. The van der Waals surface area contributed by atoms with Crippen LogP contribution < -0.4 is 0 Å². The SMILES string of the molecule is CN(C)C1CCN(C(=O)c2n[nH]c3c2CCN(Cc2ccco2)C3)CC1.O=C(O)C(F)(F)F.O=C(O)C(F)(F)F.O=C(O)C(F)(F)F. The number of carboxylic acid groups (broad SMARTS) is 3. The molecule has 0 bridgehead atoms. The summed E-state index contributed by atoms with van der Waals surface area (Å²) in [6, 6.07) is 4.48. The molecule has 2 aromatic heterocycles. The zero-order valence-corrected chi connectivity index (χ0v) is 24.5. The number of hydrogen-bond acceptors (Lipinski definition) is 8. The Morgan fingerprint density at radius 3 is 1.74 bits per heavy atom. The second-order valence-electron chi connectivity index (χ2n) is 9.97. The van der Waals surface area contributed by atoms with E-state index in [2.05, 4.69) is 34.1 Å². The number of furan rings is 1. The van der Waals surface area contributed by atoms with Crippen LogP contribution in [0.4, 0.5) is 39.5 Å². The fraction of sp³-hybridized carbons (Fsp3) is 0.560. The number of carboxylic acids is 3. The Balaban J connectivity index is 0.000000430. The third-order valence-electron chi connectivity index (χ3n) is 6.38. The largest absolute Gasteiger partial charge is 0.490 e. The number of H-pyrrole nitrogens is 1. The molecule has 4 rings (SSSR count). The molecule has 2 aromatic rings. The third kappa shape index (κ3) is 13.9. The van der Waals surface area contributed by atoms with Crippen molar-refractivity contribution >= 4 is 23.8 Å². The average Bonchev–Trinajstić information content (AvgIpc) is 3.62. The van der Waals surface area contributed by atoms with Crippen LogP contribution in [0.15, 0.2) is 22.8 Å². The molecule has 13 nitrogen and oxygen atoms in total. The van der Waals surface area contributed by atoms with E-state index >= 15 is 0 Å². The molecule has 1 fully saturated rings. The summed E-state index contributed by atoms with van der Waals surface area (Å²) >= 11 is 0. The number of carbonyl (C=O) groups excluding carboxylic acids is 1. The van der Waals surface area contributed by atoms with E-state index in [4.69, 9.17) is 34.1 Å². The standard InChI is InChI=1S/C19H27N5O2.3C2HF3O2/c1-22(2)14-5-9-24(10-6-14)19(25)18-16-7-8-23(13-17(16)20-21-18)12-15-4-3-11-26-15;3*3-2(4,5)1(6)7/h3-4,11,14H,5-10,12-13H2,1-2H3,(H,20,21);3*(H,6,7). The van der Waals surface area contributed by atoms with E-state index in [0.29, 0.717) is 11.7 Å². The molecule has 0 atom stereocenters. The summed E-state index contributed by atoms with van der Waals surface area (Å²) in [4.78, 5) is 46.2. The van der Waals surface area contributed by atoms with Crippen LogP contribution in [0.3, 0.4) is 0 Å². The summed E-state index contributed by atoms with van der Waals surface area (Å²) in [5, 5.41) is 28.9. The van der Waals surface area contributed by atoms with Crippen LogP contribution in [0.25, 0.3) is 0 Å². The Hall–Kier alpha value is -4.34. The first-order valence-electron chi connectivity index (χ1n) is 13.1. The number of aromatic amines is 1. The van der Waals surface area contributed by atoms with Crippen molar-refractivity contribution in [1.82, 2.24) is 24.9 Å². The van der Waals surface area contributed by atoms with Gasteiger partial charge in [-0.05, 0) is 45.5 Å². The zero-order chi connectivity index (χ0) is 36.3. The van der Waals surface area contributed by atoms with E-state index < -0.39 is 36.4 Å². The van der Waals surface area contributed by atoms with E-state index in [1.165, 1.54) is 0 Å². The predicted octanol–water partition coefficient (Wildman–Crippen LogP) is 3.63. The van der Waals surface area contributed by atoms with Gasteiger partial charge >= 0.3 is 36.4 Å². The quantitative estimate of drug-likeness (QED) is 0.343. The third-order valence-corrected chi connectivity index (χ3v) is 6.38. The number of carbonyl (C=O) groups is 4. The second kappa shape index (κ2) is 17.0. The minimum absolute atomic E-state index is 0.0826. The highest BCUT2D eigenvalue weighted by Gasteiger charge is 2.39. The van der Waals surface area contributed by atoms with Crippen molar-refractivity contribution in [2.24, 2.45) is 0 Å². The van der Waals surface area contributed by atoms with Crippen molar-refractivity contribution in [2.45, 2.75) is 56.9 Å². The molecule has 4 heterocycles. The van der Waals surface area contributed by atoms with E-state index in [9.17, 15) is 44.3 Å². The lowest BCUT2D eigenvalue weighted by atomic mass is 10.0. The molecule has 0 unspecified atom stereocenters. The van der Waals surface area contributed by atoms with Crippen LogP contribution in [0, 0.1) is 0 Å². The van der Waals surface area contributed by atoms with Gasteiger partial charge in [-0.3, -0.25) is 14.8 Å². The number of amides is 1. The number of nitrogens with one attached hydrogen (secondary N) is 1. The number of piperidine rings is 1. The molecule has 47 heavy (non-hydrogen) atoms. The molecule has 0 spiro atoms. The number of hydrogen-bond donors (Lipinski definition) is 4. The average molecular weight is 700 g/mol. The van der Waals surface area contributed by atoms with Crippen molar-refractivity contribution in [2.75, 3.05) is 33.7 Å². The Labute approximate surface area is 259 Å². The summed E-state index contributed by atoms with van der Waals surface area (Å²) in [6.07, 6.45) is -10.6. The summed E-state index contributed by atoms with van der Waals surface area (Å²) in [5.74, 6) is -7.22. The van der Waals surface area contributed by atoms with Gasteiger partial charge in [-0.25, -0.2) is 14.4 Å². The molecular formula is C25H30F9N5O8. The van der Waals surface area contributed by atoms with Crippen LogP contribution in [-0.4, -0.2) is 122 Å². The maximum absolute atomic E-state index is 12.9. The van der Waals surface area contributed by atoms with Gasteiger partial charge < -0.3 is 29.5 Å². The number of alkyl halides is 9. The lowest BCUT2D eigenvalue weighted by Crippen LogP contribution is -2.44. The first-order valence-corrected chi connectivity index (χ1v) is 13.1. The van der Waals surface area contributed by atoms with Gasteiger partial charge in [-0.2, -0.15) is 44.6 Å². The Bertz CT molecular complexity index is 1260. The van der Waals surface area contributed by atoms with Crippen molar-refractivity contribution < 1.29 is 78.4 Å². The van der Waals surface area contributed by atoms with E-state index in [1.807, 2.05) is 17.0 Å². The lowest BCUT2D eigenvalue weighted by Gasteiger charge is -2.35. The molecule has 22 heteroatoms. The molecule has 0 aromatic carbocycles. The van der Waals surface area contributed by atoms with Gasteiger partial charge in [0.15, 0.2) is 5.69 Å². The lowest BCUT2D eigenvalue weighted by molar-refractivity contribution is -0.193. The Morgan fingerprint density at radius 1 is 0.894 bits per heavy atom. The molecule has 266 valence electrons. The number of rotatable bonds is 4. The molecule has 4 N–H and O–H groups in total. The van der Waals surface area contributed by atoms with Crippen molar-refractivity contribution in [3.05, 3.63) is 41.1 Å². The number of likely N-dealkylation sites (tertiary alicyclic amines) is 1. The van der Waals surface area contributed by atoms with Gasteiger partial charge in [0.05, 0.1) is 18.5 Å². The van der Waals surface area contributed by atoms with E-state index in [-0.39, 0.29) is 5.91 Å². The molecule has 2 aliphatic rings. The summed E-state index contributed by atoms with van der Waals surface area (Å²) in [5.41, 5.74) is 2.79. The molecule has 2 aliphatic heterocycles. The van der Waals surface area contributed by atoms with Crippen LogP contribution in [-0.2, 0) is 33.9 Å². The maximum atomic E-state index is 12.9. The summed E-state index contributed by atoms with van der Waals surface area (Å²) in [6.45, 7) is 4.10. The minimum atomic E-state index is -5.08. The number of halogens is 9. The molecule has 0 radical (unpaired) electrons. The zero-order valence-electron chi connectivity index (χ0n) is 24.5. The number of nitrogens with zero attached hydrogens (tertiary/aromatic N) is 4. The predicted molar refractivity (Wildman–Crippen MR) is 139 cm³/mol. The highest BCUT2D eigenvalue weighted by molar-refractivity contribution is 5.94. The van der Waals surface area contributed by atoms with E-state index in [0.717, 1.165) is 69.0 Å². The van der Waals surface area contributed by atoms with Gasteiger partial charge in [0.25, 0.3) is 5.91 Å². The van der Waals surface area contributed by atoms with Crippen LogP contribution >= 0.6 is 0 Å². The summed E-state index contributed by atoms with van der Waals surface area (Å²) < 4.78 is 101. The van der Waals surface area contributed by atoms with Gasteiger partial charge in [-0.1, -0.05) is 0 Å². The van der Waals surface area contributed by atoms with E-state index in [1.54, 1.807) is 6.26 Å². The van der Waals surface area contributed by atoms with Crippen molar-refractivity contribution in [3.8, 4) is 0 Å². The van der Waals surface area contributed by atoms with Gasteiger partial charge in [0.1, 0.15) is 5.76 Å². The first-order chi connectivity index (χ1) is 21.4. The number of aromatic nitrogens is 2. The highest BCUT2D eigenvalue weighted by atomic mass is 19.4. The minimum Gasteiger partial charge on any atom is -0.475 e. The smallest absolute Gasteiger partial charge is 0.475 e. The fourth-order valence-corrected chi connectivity index (χ4v) is 4.04.